The van der Waals surface area contributed by atoms with Gasteiger partial charge in [0.2, 0.25) is 5.91 Å². The molecule has 0 atom stereocenters. The van der Waals surface area contributed by atoms with Crippen molar-refractivity contribution in [1.29, 1.82) is 5.26 Å². The third kappa shape index (κ3) is 6.08. The first-order chi connectivity index (χ1) is 19.8. The maximum Gasteiger partial charge on any atom is 0.248 e. The number of nitrogens with zero attached hydrogens (tertiary/aromatic N) is 6. The first-order valence-electron chi connectivity index (χ1n) is 12.7. The van der Waals surface area contributed by atoms with Crippen molar-refractivity contribution in [2.45, 2.75) is 6.92 Å². The Balaban J connectivity index is 1.44. The van der Waals surface area contributed by atoms with E-state index >= 15 is 0 Å². The molecule has 3 aromatic heterocycles. The van der Waals surface area contributed by atoms with Crippen LogP contribution in [0.3, 0.4) is 0 Å². The first-order valence-corrected chi connectivity index (χ1v) is 12.7. The molecule has 5 aromatic rings. The maximum absolute atomic E-state index is 12.6. The van der Waals surface area contributed by atoms with Crippen molar-refractivity contribution in [2.75, 3.05) is 38.4 Å². The minimum absolute atomic E-state index is 0.294. The summed E-state index contributed by atoms with van der Waals surface area (Å²) in [5.74, 6) is 1.48. The Morgan fingerprint density at radius 1 is 1.15 bits per heavy atom. The number of amides is 1. The fraction of sp³-hybridized carbons (Fsp3) is 0.167. The number of nitrogens with one attached hydrogen (secondary N) is 2. The van der Waals surface area contributed by atoms with Crippen LogP contribution in [0.15, 0.2) is 73.3 Å². The average Bonchev–Trinajstić information content (AvgIpc) is 3.42. The van der Waals surface area contributed by atoms with Crippen LogP contribution in [0, 0.1) is 18.3 Å². The third-order valence-corrected chi connectivity index (χ3v) is 6.23. The van der Waals surface area contributed by atoms with Crippen LogP contribution in [-0.4, -0.2) is 58.1 Å². The van der Waals surface area contributed by atoms with Crippen LogP contribution in [0.2, 0.25) is 0 Å². The van der Waals surface area contributed by atoms with Crippen molar-refractivity contribution in [1.82, 2.24) is 24.5 Å². The summed E-state index contributed by atoms with van der Waals surface area (Å²) in [6.45, 7) is 2.57. The highest BCUT2D eigenvalue weighted by Crippen LogP contribution is 2.37. The molecule has 206 valence electrons. The zero-order valence-corrected chi connectivity index (χ0v) is 23.0. The molecule has 0 fully saturated rings. The van der Waals surface area contributed by atoms with Gasteiger partial charge in [-0.15, -0.1) is 0 Å². The van der Waals surface area contributed by atoms with E-state index in [-0.39, 0.29) is 5.91 Å². The predicted molar refractivity (Wildman–Crippen MR) is 157 cm³/mol. The molecule has 5 rings (SSSR count). The number of methoxy groups -OCH3 is 1. The van der Waals surface area contributed by atoms with Gasteiger partial charge >= 0.3 is 0 Å². The van der Waals surface area contributed by atoms with Crippen LogP contribution in [0.5, 0.6) is 17.2 Å². The molecule has 11 nitrogen and oxygen atoms in total. The van der Waals surface area contributed by atoms with E-state index in [0.717, 1.165) is 11.3 Å². The molecule has 0 unspecified atom stereocenters. The lowest BCUT2D eigenvalue weighted by Crippen LogP contribution is -2.13. The van der Waals surface area contributed by atoms with Crippen LogP contribution in [0.1, 0.15) is 11.1 Å². The van der Waals surface area contributed by atoms with Crippen molar-refractivity contribution >= 4 is 39.5 Å². The van der Waals surface area contributed by atoms with E-state index in [1.165, 1.54) is 25.7 Å². The normalized spacial score (nSPS) is 11.2. The van der Waals surface area contributed by atoms with Gasteiger partial charge in [0.1, 0.15) is 29.6 Å². The van der Waals surface area contributed by atoms with E-state index in [2.05, 4.69) is 31.8 Å². The summed E-state index contributed by atoms with van der Waals surface area (Å²) in [6, 6.07) is 15.0. The van der Waals surface area contributed by atoms with Gasteiger partial charge in [0, 0.05) is 48.2 Å². The van der Waals surface area contributed by atoms with Crippen LogP contribution >= 0.6 is 0 Å². The number of anilines is 3. The number of carbonyl (C=O) groups is 1. The van der Waals surface area contributed by atoms with Crippen molar-refractivity contribution in [3.8, 4) is 23.3 Å². The van der Waals surface area contributed by atoms with Gasteiger partial charge in [-0.3, -0.25) is 9.78 Å². The summed E-state index contributed by atoms with van der Waals surface area (Å²) in [6.07, 6.45) is 8.03. The van der Waals surface area contributed by atoms with Crippen molar-refractivity contribution in [3.63, 3.8) is 0 Å². The van der Waals surface area contributed by atoms with Crippen LogP contribution in [-0.2, 0) is 4.79 Å². The number of pyridine rings is 2. The predicted octanol–water partition coefficient (Wildman–Crippen LogP) is 5.06. The van der Waals surface area contributed by atoms with Gasteiger partial charge in [0.15, 0.2) is 5.65 Å². The van der Waals surface area contributed by atoms with Crippen molar-refractivity contribution in [2.24, 2.45) is 0 Å². The molecular formula is C30H28N8O3. The maximum atomic E-state index is 12.6. The third-order valence-electron chi connectivity index (χ3n) is 6.23. The van der Waals surface area contributed by atoms with E-state index in [0.29, 0.717) is 57.3 Å². The number of rotatable bonds is 9. The van der Waals surface area contributed by atoms with Gasteiger partial charge in [-0.25, -0.2) is 9.50 Å². The number of carbonyl (C=O) groups excluding carboxylic acids is 1. The second kappa shape index (κ2) is 11.7. The summed E-state index contributed by atoms with van der Waals surface area (Å²) in [4.78, 5) is 23.2. The zero-order chi connectivity index (χ0) is 28.9. The minimum Gasteiger partial charge on any atom is -0.494 e. The van der Waals surface area contributed by atoms with E-state index in [4.69, 9.17) is 9.47 Å². The molecule has 41 heavy (non-hydrogen) atoms. The lowest BCUT2D eigenvalue weighted by Gasteiger charge is -2.16. The number of likely N-dealkylation sites (N-methyl/N-ethyl adjacent to an activating group) is 1. The molecule has 0 bridgehead atoms. The average molecular weight is 549 g/mol. The molecular weight excluding hydrogens is 520 g/mol. The highest BCUT2D eigenvalue weighted by molar-refractivity contribution is 6.04. The van der Waals surface area contributed by atoms with Crippen LogP contribution in [0.25, 0.3) is 16.6 Å². The number of hydrogen-bond donors (Lipinski definition) is 2. The van der Waals surface area contributed by atoms with Gasteiger partial charge in [-0.2, -0.15) is 10.4 Å². The number of ether oxygens (including phenoxy) is 2. The molecule has 0 aliphatic heterocycles. The van der Waals surface area contributed by atoms with Gasteiger partial charge < -0.3 is 25.0 Å². The Kier molecular flexibility index (Phi) is 7.76. The molecule has 0 saturated carbocycles. The Morgan fingerprint density at radius 2 is 2.00 bits per heavy atom. The van der Waals surface area contributed by atoms with Gasteiger partial charge in [0.05, 0.1) is 29.6 Å². The summed E-state index contributed by atoms with van der Waals surface area (Å²) >= 11 is 0. The van der Waals surface area contributed by atoms with E-state index in [9.17, 15) is 10.1 Å². The Hall–Kier alpha value is -5.47. The second-order valence-electron chi connectivity index (χ2n) is 9.51. The minimum atomic E-state index is -0.294. The van der Waals surface area contributed by atoms with Crippen LogP contribution < -0.4 is 20.1 Å². The van der Waals surface area contributed by atoms with Crippen LogP contribution in [0.4, 0.5) is 17.1 Å². The molecule has 0 radical (unpaired) electrons. The van der Waals surface area contributed by atoms with Gasteiger partial charge in [-0.1, -0.05) is 6.08 Å². The van der Waals surface area contributed by atoms with Crippen molar-refractivity contribution in [3.05, 3.63) is 84.5 Å². The lowest BCUT2D eigenvalue weighted by atomic mass is 10.1. The van der Waals surface area contributed by atoms with E-state index in [1.54, 1.807) is 28.9 Å². The monoisotopic (exact) mass is 548 g/mol. The van der Waals surface area contributed by atoms with E-state index in [1.807, 2.05) is 56.3 Å². The quantitative estimate of drug-likeness (QED) is 0.243. The lowest BCUT2D eigenvalue weighted by molar-refractivity contribution is -0.111. The number of hydrogen-bond acceptors (Lipinski definition) is 9. The highest BCUT2D eigenvalue weighted by Gasteiger charge is 2.15. The number of aromatic nitrogens is 4. The smallest absolute Gasteiger partial charge is 0.248 e. The Morgan fingerprint density at radius 3 is 2.76 bits per heavy atom. The number of nitriles is 1. The number of fused-ring (bicyclic) bond motifs is 2. The molecule has 1 amide bonds. The molecule has 0 saturated heterocycles. The Bertz CT molecular complexity index is 1820. The fourth-order valence-electron chi connectivity index (χ4n) is 4.22. The summed E-state index contributed by atoms with van der Waals surface area (Å²) in [7, 11) is 5.37. The first kappa shape index (κ1) is 27.1. The van der Waals surface area contributed by atoms with E-state index < -0.39 is 0 Å². The van der Waals surface area contributed by atoms with Crippen molar-refractivity contribution < 1.29 is 14.3 Å². The molecule has 0 aliphatic rings. The summed E-state index contributed by atoms with van der Waals surface area (Å²) in [5.41, 5.74) is 4.29. The standard InChI is InChI=1S/C30H28N8O3/c1-19-12-21(7-8-26(19)41-22-9-11-38-28(13-22)33-18-34-38)35-30-20(16-31)17-32-24-15-27(40-4)25(14-23(24)30)36-29(39)6-5-10-37(2)3/h5-9,11-15,17-18H,10H2,1-4H3,(H,32,35)(H,36,39)/b6-5+. The zero-order valence-electron chi connectivity index (χ0n) is 23.0. The molecule has 0 aliphatic carbocycles. The highest BCUT2D eigenvalue weighted by atomic mass is 16.5. The topological polar surface area (TPSA) is 130 Å². The second-order valence-corrected chi connectivity index (χ2v) is 9.51. The SMILES string of the molecule is COc1cc2ncc(C#N)c(Nc3ccc(Oc4ccn5ncnc5c4)c(C)c3)c2cc1NC(=O)/C=C/CN(C)C. The van der Waals surface area contributed by atoms with Gasteiger partial charge in [-0.05, 0) is 56.9 Å². The molecule has 11 heteroatoms. The number of benzene rings is 2. The molecule has 3 heterocycles. The molecule has 0 spiro atoms. The molecule has 2 aromatic carbocycles. The van der Waals surface area contributed by atoms with Gasteiger partial charge in [0.25, 0.3) is 0 Å². The molecule has 2 N–H and O–H groups in total. The Labute approximate surface area is 236 Å². The fourth-order valence-corrected chi connectivity index (χ4v) is 4.22. The summed E-state index contributed by atoms with van der Waals surface area (Å²) < 4.78 is 13.3. The largest absolute Gasteiger partial charge is 0.494 e. The number of aryl methyl sites for hydroxylation is 1. The summed E-state index contributed by atoms with van der Waals surface area (Å²) in [5, 5.41) is 20.9.